The Labute approximate surface area is 111 Å². The summed E-state index contributed by atoms with van der Waals surface area (Å²) in [5.41, 5.74) is 0.0483. The molecule has 5 heteroatoms. The van der Waals surface area contributed by atoms with Crippen LogP contribution in [0.1, 0.15) is 12.5 Å². The number of methoxy groups -OCH3 is 1. The van der Waals surface area contributed by atoms with Crippen molar-refractivity contribution in [2.75, 3.05) is 20.3 Å². The van der Waals surface area contributed by atoms with Crippen molar-refractivity contribution in [2.45, 2.75) is 18.1 Å². The van der Waals surface area contributed by atoms with Gasteiger partial charge in [-0.25, -0.2) is 0 Å². The molecule has 2 aliphatic rings. The van der Waals surface area contributed by atoms with Crippen molar-refractivity contribution in [2.24, 2.45) is 10.4 Å². The summed E-state index contributed by atoms with van der Waals surface area (Å²) in [5, 5.41) is 7.60. The van der Waals surface area contributed by atoms with Crippen LogP contribution in [0, 0.1) is 0 Å². The molecule has 5 nitrogen and oxygen atoms in total. The first-order chi connectivity index (χ1) is 9.19. The lowest BCUT2D eigenvalue weighted by atomic mass is 9.88. The third-order valence-corrected chi connectivity index (χ3v) is 3.71. The zero-order chi connectivity index (χ0) is 13.3. The summed E-state index contributed by atoms with van der Waals surface area (Å²) >= 11 is 0. The molecule has 3 rings (SSSR count). The minimum Gasteiger partial charge on any atom is -0.496 e. The van der Waals surface area contributed by atoms with Crippen molar-refractivity contribution in [1.29, 1.82) is 0 Å². The Balaban J connectivity index is 1.88. The van der Waals surface area contributed by atoms with Gasteiger partial charge in [0.05, 0.1) is 13.7 Å². The van der Waals surface area contributed by atoms with Gasteiger partial charge < -0.3 is 14.3 Å². The summed E-state index contributed by atoms with van der Waals surface area (Å²) in [6, 6.07) is 7.82. The topological polar surface area (TPSA) is 55.7 Å². The van der Waals surface area contributed by atoms with Gasteiger partial charge in [0.15, 0.2) is 0 Å². The molecule has 19 heavy (non-hydrogen) atoms. The van der Waals surface area contributed by atoms with E-state index in [2.05, 4.69) is 10.4 Å². The Morgan fingerprint density at radius 2 is 2.16 bits per heavy atom. The molecule has 2 aliphatic heterocycles. The number of epoxide rings is 1. The maximum atomic E-state index is 5.50. The number of hydrogen-bond acceptors (Lipinski definition) is 5. The van der Waals surface area contributed by atoms with Gasteiger partial charge in [0.1, 0.15) is 17.9 Å². The molecule has 0 aliphatic carbocycles. The molecule has 0 saturated carbocycles. The molecule has 1 aromatic rings. The van der Waals surface area contributed by atoms with E-state index in [1.165, 1.54) is 0 Å². The normalized spacial score (nSPS) is 32.5. The fourth-order valence-corrected chi connectivity index (χ4v) is 2.17. The third-order valence-electron chi connectivity index (χ3n) is 3.71. The van der Waals surface area contributed by atoms with Gasteiger partial charge in [0.2, 0.25) is 5.60 Å². The fourth-order valence-electron chi connectivity index (χ4n) is 2.17. The molecule has 0 N–H and O–H groups in total. The van der Waals surface area contributed by atoms with Crippen LogP contribution in [0.15, 0.2) is 40.7 Å². The fraction of sp³-hybridized carbons (Fsp3) is 0.429. The van der Waals surface area contributed by atoms with Crippen molar-refractivity contribution < 1.29 is 14.3 Å². The van der Waals surface area contributed by atoms with Crippen LogP contribution in [0.3, 0.4) is 0 Å². The Bertz CT molecular complexity index is 527. The number of para-hydroxylation sites is 1. The Hall–Kier alpha value is -1.88. The first-order valence-corrected chi connectivity index (χ1v) is 6.20. The van der Waals surface area contributed by atoms with Gasteiger partial charge in [-0.15, -0.1) is 5.11 Å². The molecule has 0 spiro atoms. The maximum absolute atomic E-state index is 5.50. The molecule has 0 radical (unpaired) electrons. The monoisotopic (exact) mass is 260 g/mol. The van der Waals surface area contributed by atoms with Crippen molar-refractivity contribution in [3.8, 4) is 5.75 Å². The molecule has 0 bridgehead atoms. The van der Waals surface area contributed by atoms with Crippen molar-refractivity contribution in [3.63, 3.8) is 0 Å². The molecule has 0 amide bonds. The lowest BCUT2D eigenvalue weighted by Gasteiger charge is -2.25. The molecular formula is C14H16N2O3. The summed E-state index contributed by atoms with van der Waals surface area (Å²) in [6.45, 7) is 3.15. The number of benzene rings is 1. The second-order valence-corrected chi connectivity index (χ2v) is 4.96. The molecule has 0 aromatic heterocycles. The van der Waals surface area contributed by atoms with Crippen molar-refractivity contribution in [3.05, 3.63) is 35.9 Å². The molecule has 1 aromatic carbocycles. The molecule has 100 valence electrons. The minimum absolute atomic E-state index is 0.338. The van der Waals surface area contributed by atoms with Crippen molar-refractivity contribution in [1.82, 2.24) is 0 Å². The highest BCUT2D eigenvalue weighted by Gasteiger charge is 2.61. The minimum atomic E-state index is -0.603. The number of ether oxygens (including phenoxy) is 2. The van der Waals surface area contributed by atoms with Crippen molar-refractivity contribution >= 4 is 6.08 Å². The van der Waals surface area contributed by atoms with Gasteiger partial charge in [0.25, 0.3) is 0 Å². The van der Waals surface area contributed by atoms with Crippen LogP contribution < -0.4 is 4.74 Å². The van der Waals surface area contributed by atoms with E-state index in [1.54, 1.807) is 7.11 Å². The van der Waals surface area contributed by atoms with E-state index in [1.807, 2.05) is 43.3 Å². The number of rotatable bonds is 4. The van der Waals surface area contributed by atoms with Crippen LogP contribution in [-0.4, -0.2) is 31.5 Å². The Kier molecular flexibility index (Phi) is 2.78. The van der Waals surface area contributed by atoms with E-state index in [-0.39, 0.29) is 5.60 Å². The van der Waals surface area contributed by atoms with E-state index < -0.39 is 5.60 Å². The molecule has 1 fully saturated rings. The summed E-state index contributed by atoms with van der Waals surface area (Å²) in [5.74, 6) is 0.822. The van der Waals surface area contributed by atoms with Crippen LogP contribution >= 0.6 is 0 Å². The SMILES string of the molecule is COc1ccccc1/C=C\C1(C2(C)CO2)CN=NO1. The van der Waals surface area contributed by atoms with Crippen LogP contribution in [0.5, 0.6) is 5.75 Å². The van der Waals surface area contributed by atoms with Crippen LogP contribution in [-0.2, 0) is 9.57 Å². The molecule has 2 atom stereocenters. The first-order valence-electron chi connectivity index (χ1n) is 6.20. The highest BCUT2D eigenvalue weighted by molar-refractivity contribution is 5.58. The van der Waals surface area contributed by atoms with Gasteiger partial charge in [0, 0.05) is 10.8 Å². The van der Waals surface area contributed by atoms with E-state index in [9.17, 15) is 0 Å². The summed E-state index contributed by atoms with van der Waals surface area (Å²) in [4.78, 5) is 5.47. The lowest BCUT2D eigenvalue weighted by molar-refractivity contribution is -0.0263. The van der Waals surface area contributed by atoms with E-state index in [0.717, 1.165) is 11.3 Å². The average Bonchev–Trinajstić information content (AvgIpc) is 3.03. The predicted octanol–water partition coefficient (Wildman–Crippen LogP) is 2.63. The van der Waals surface area contributed by atoms with Crippen LogP contribution in [0.2, 0.25) is 0 Å². The standard InChI is InChI=1S/C14H16N2O3/c1-13(10-18-13)14(9-15-16-19-14)8-7-11-5-3-4-6-12(11)17-2/h3-8H,9-10H2,1-2H3/b8-7-. The largest absolute Gasteiger partial charge is 0.496 e. The molecule has 2 unspecified atom stereocenters. The summed E-state index contributed by atoms with van der Waals surface area (Å²) in [7, 11) is 1.66. The maximum Gasteiger partial charge on any atom is 0.209 e. The van der Waals surface area contributed by atoms with E-state index >= 15 is 0 Å². The van der Waals surface area contributed by atoms with Gasteiger partial charge in [-0.1, -0.05) is 24.3 Å². The van der Waals surface area contributed by atoms with Gasteiger partial charge in [-0.3, -0.25) is 0 Å². The Morgan fingerprint density at radius 3 is 2.79 bits per heavy atom. The van der Waals surface area contributed by atoms with Crippen LogP contribution in [0.25, 0.3) is 6.08 Å². The van der Waals surface area contributed by atoms with Crippen LogP contribution in [0.4, 0.5) is 0 Å². The number of nitrogens with zero attached hydrogens (tertiary/aromatic N) is 2. The highest BCUT2D eigenvalue weighted by Crippen LogP contribution is 2.44. The third kappa shape index (κ3) is 2.00. The molecule has 1 saturated heterocycles. The summed E-state index contributed by atoms with van der Waals surface area (Å²) in [6.07, 6.45) is 3.94. The number of hydrogen-bond donors (Lipinski definition) is 0. The van der Waals surface area contributed by atoms with E-state index in [0.29, 0.717) is 13.2 Å². The lowest BCUT2D eigenvalue weighted by Crippen LogP contribution is -2.44. The first kappa shape index (κ1) is 12.2. The second-order valence-electron chi connectivity index (χ2n) is 4.96. The van der Waals surface area contributed by atoms with Gasteiger partial charge in [-0.05, 0) is 19.1 Å². The van der Waals surface area contributed by atoms with Gasteiger partial charge in [-0.2, -0.15) is 0 Å². The zero-order valence-electron chi connectivity index (χ0n) is 11.0. The van der Waals surface area contributed by atoms with E-state index in [4.69, 9.17) is 14.3 Å². The average molecular weight is 260 g/mol. The summed E-state index contributed by atoms with van der Waals surface area (Å²) < 4.78 is 10.8. The van der Waals surface area contributed by atoms with Gasteiger partial charge >= 0.3 is 0 Å². The molecule has 2 heterocycles. The second kappa shape index (κ2) is 4.35. The highest BCUT2D eigenvalue weighted by atomic mass is 16.7. The predicted molar refractivity (Wildman–Crippen MR) is 69.9 cm³/mol. The quantitative estimate of drug-likeness (QED) is 0.782. The zero-order valence-corrected chi connectivity index (χ0v) is 11.0. The smallest absolute Gasteiger partial charge is 0.209 e. The molecular weight excluding hydrogens is 244 g/mol. The Morgan fingerprint density at radius 1 is 1.37 bits per heavy atom.